The van der Waals surface area contributed by atoms with Gasteiger partial charge in [0.05, 0.1) is 6.10 Å². The second-order valence-electron chi connectivity index (χ2n) is 4.23. The number of hydrogen-bond donors (Lipinski definition) is 2. The van der Waals surface area contributed by atoms with Crippen LogP contribution in [0.15, 0.2) is 30.5 Å². The molecular formula is C13H16ClNO2. The molecule has 0 saturated heterocycles. The fourth-order valence-corrected chi connectivity index (χ4v) is 2.20. The van der Waals surface area contributed by atoms with E-state index in [1.807, 2.05) is 42.1 Å². The first kappa shape index (κ1) is 12.4. The van der Waals surface area contributed by atoms with Crippen molar-refractivity contribution in [3.63, 3.8) is 0 Å². The summed E-state index contributed by atoms with van der Waals surface area (Å²) < 4.78 is 2.01. The molecule has 0 aliphatic heterocycles. The number of nitrogens with zero attached hydrogens (tertiary/aromatic N) is 1. The van der Waals surface area contributed by atoms with Crippen LogP contribution in [-0.4, -0.2) is 26.8 Å². The first-order valence-electron chi connectivity index (χ1n) is 5.60. The molecule has 2 rings (SSSR count). The van der Waals surface area contributed by atoms with Gasteiger partial charge >= 0.3 is 0 Å². The lowest BCUT2D eigenvalue weighted by molar-refractivity contribution is 0.0171. The number of rotatable bonds is 4. The van der Waals surface area contributed by atoms with Crippen molar-refractivity contribution in [2.24, 2.45) is 7.05 Å². The fourth-order valence-electron chi connectivity index (χ4n) is 1.98. The van der Waals surface area contributed by atoms with Crippen LogP contribution >= 0.6 is 11.6 Å². The van der Waals surface area contributed by atoms with Gasteiger partial charge in [-0.15, -0.1) is 11.6 Å². The predicted molar refractivity (Wildman–Crippen MR) is 69.2 cm³/mol. The number of aromatic nitrogens is 1. The highest BCUT2D eigenvalue weighted by atomic mass is 35.5. The highest BCUT2D eigenvalue weighted by Crippen LogP contribution is 2.24. The van der Waals surface area contributed by atoms with Gasteiger partial charge in [-0.05, 0) is 35.6 Å². The quantitative estimate of drug-likeness (QED) is 0.821. The smallest absolute Gasteiger partial charge is 0.105 e. The summed E-state index contributed by atoms with van der Waals surface area (Å²) in [6.07, 6.45) is 0.665. The Morgan fingerprint density at radius 1 is 1.29 bits per heavy atom. The molecule has 2 N–H and O–H groups in total. The van der Waals surface area contributed by atoms with E-state index < -0.39 is 12.2 Å². The van der Waals surface area contributed by atoms with E-state index in [4.69, 9.17) is 11.6 Å². The zero-order valence-electron chi connectivity index (χ0n) is 9.68. The van der Waals surface area contributed by atoms with E-state index in [9.17, 15) is 10.2 Å². The number of halogens is 1. The molecule has 0 radical (unpaired) electrons. The van der Waals surface area contributed by atoms with Crippen LogP contribution in [0.25, 0.3) is 10.9 Å². The van der Waals surface area contributed by atoms with Crippen LogP contribution in [-0.2, 0) is 7.05 Å². The number of benzene rings is 1. The lowest BCUT2D eigenvalue weighted by atomic mass is 10.0. The Balaban J connectivity index is 2.29. The van der Waals surface area contributed by atoms with E-state index in [2.05, 4.69) is 0 Å². The fraction of sp³-hybridized carbons (Fsp3) is 0.385. The van der Waals surface area contributed by atoms with E-state index in [1.165, 1.54) is 0 Å². The van der Waals surface area contributed by atoms with Gasteiger partial charge in [0.25, 0.3) is 0 Å². The number of alkyl halides is 1. The molecule has 17 heavy (non-hydrogen) atoms. The third-order valence-corrected chi connectivity index (χ3v) is 3.24. The number of hydrogen-bond acceptors (Lipinski definition) is 2. The van der Waals surface area contributed by atoms with Gasteiger partial charge in [0.1, 0.15) is 6.10 Å². The number of aliphatic hydroxyl groups is 2. The van der Waals surface area contributed by atoms with Crippen LogP contribution in [0.2, 0.25) is 0 Å². The molecule has 2 unspecified atom stereocenters. The van der Waals surface area contributed by atoms with Gasteiger partial charge in [-0.25, -0.2) is 0 Å². The van der Waals surface area contributed by atoms with Crippen LogP contribution in [0.3, 0.4) is 0 Å². The molecule has 0 aliphatic rings. The lowest BCUT2D eigenvalue weighted by Gasteiger charge is -2.17. The van der Waals surface area contributed by atoms with Crippen molar-refractivity contribution in [2.45, 2.75) is 18.6 Å². The van der Waals surface area contributed by atoms with Crippen molar-refractivity contribution in [3.8, 4) is 0 Å². The molecule has 0 amide bonds. The molecule has 0 spiro atoms. The first-order chi connectivity index (χ1) is 8.13. The average molecular weight is 254 g/mol. The van der Waals surface area contributed by atoms with Crippen LogP contribution in [0.4, 0.5) is 0 Å². The van der Waals surface area contributed by atoms with Crippen molar-refractivity contribution in [2.75, 3.05) is 5.88 Å². The Morgan fingerprint density at radius 3 is 2.76 bits per heavy atom. The van der Waals surface area contributed by atoms with Crippen molar-refractivity contribution < 1.29 is 10.2 Å². The molecule has 0 saturated carbocycles. The summed E-state index contributed by atoms with van der Waals surface area (Å²) in [5, 5.41) is 20.7. The third kappa shape index (κ3) is 2.46. The molecule has 0 bridgehead atoms. The number of aryl methyl sites for hydroxylation is 1. The van der Waals surface area contributed by atoms with Crippen molar-refractivity contribution in [3.05, 3.63) is 36.0 Å². The van der Waals surface area contributed by atoms with Crippen LogP contribution < -0.4 is 0 Å². The van der Waals surface area contributed by atoms with Crippen LogP contribution in [0.5, 0.6) is 0 Å². The van der Waals surface area contributed by atoms with E-state index in [1.54, 1.807) is 0 Å². The van der Waals surface area contributed by atoms with E-state index in [-0.39, 0.29) is 0 Å². The molecule has 1 aromatic heterocycles. The zero-order chi connectivity index (χ0) is 12.4. The highest BCUT2D eigenvalue weighted by molar-refractivity contribution is 6.17. The molecule has 92 valence electrons. The number of aliphatic hydroxyl groups excluding tert-OH is 2. The maximum Gasteiger partial charge on any atom is 0.105 e. The summed E-state index contributed by atoms with van der Waals surface area (Å²) in [6, 6.07) is 7.67. The predicted octanol–water partition coefficient (Wildman–Crippen LogP) is 2.20. The molecule has 4 heteroatoms. The Bertz CT molecular complexity index is 509. The topological polar surface area (TPSA) is 45.4 Å². The molecule has 3 nitrogen and oxygen atoms in total. The van der Waals surface area contributed by atoms with Gasteiger partial charge in [0, 0.05) is 24.6 Å². The summed E-state index contributed by atoms with van der Waals surface area (Å²) in [7, 11) is 1.97. The van der Waals surface area contributed by atoms with Crippen molar-refractivity contribution in [1.82, 2.24) is 4.57 Å². The summed E-state index contributed by atoms with van der Waals surface area (Å²) in [4.78, 5) is 0. The van der Waals surface area contributed by atoms with E-state index >= 15 is 0 Å². The maximum absolute atomic E-state index is 9.97. The molecular weight excluding hydrogens is 238 g/mol. The third-order valence-electron chi connectivity index (χ3n) is 3.02. The molecule has 1 aromatic carbocycles. The van der Waals surface area contributed by atoms with Crippen molar-refractivity contribution in [1.29, 1.82) is 0 Å². The summed E-state index contributed by atoms with van der Waals surface area (Å²) >= 11 is 5.55. The number of fused-ring (bicyclic) bond motifs is 1. The zero-order valence-corrected chi connectivity index (χ0v) is 10.4. The van der Waals surface area contributed by atoms with E-state index in [0.29, 0.717) is 12.3 Å². The van der Waals surface area contributed by atoms with Crippen LogP contribution in [0.1, 0.15) is 18.1 Å². The highest BCUT2D eigenvalue weighted by Gasteiger charge is 2.18. The monoisotopic (exact) mass is 253 g/mol. The van der Waals surface area contributed by atoms with Gasteiger partial charge in [-0.1, -0.05) is 6.07 Å². The molecule has 0 fully saturated rings. The minimum absolute atomic E-state index is 0.339. The molecule has 2 atom stereocenters. The summed E-state index contributed by atoms with van der Waals surface area (Å²) in [5.74, 6) is 0.339. The second-order valence-corrected chi connectivity index (χ2v) is 4.61. The minimum atomic E-state index is -0.877. The maximum atomic E-state index is 9.97. The Labute approximate surface area is 105 Å². The Kier molecular flexibility index (Phi) is 3.72. The van der Waals surface area contributed by atoms with Gasteiger partial charge < -0.3 is 14.8 Å². The summed E-state index contributed by atoms with van der Waals surface area (Å²) in [5.41, 5.74) is 1.83. The minimum Gasteiger partial charge on any atom is -0.390 e. The average Bonchev–Trinajstić information content (AvgIpc) is 2.70. The largest absolute Gasteiger partial charge is 0.390 e. The van der Waals surface area contributed by atoms with Crippen molar-refractivity contribution >= 4 is 22.5 Å². The molecule has 1 heterocycles. The standard InChI is InChI=1S/C13H16ClNO2/c1-15-7-5-9-8-10(2-3-11(9)15)13(17)12(16)4-6-14/h2-3,5,7-8,12-13,16-17H,4,6H2,1H3. The Hall–Kier alpha value is -1.03. The van der Waals surface area contributed by atoms with Gasteiger partial charge in [-0.2, -0.15) is 0 Å². The lowest BCUT2D eigenvalue weighted by Crippen LogP contribution is -2.18. The van der Waals surface area contributed by atoms with Crippen LogP contribution in [0, 0.1) is 0 Å². The van der Waals surface area contributed by atoms with Gasteiger partial charge in [0.15, 0.2) is 0 Å². The molecule has 2 aromatic rings. The van der Waals surface area contributed by atoms with Gasteiger partial charge in [0.2, 0.25) is 0 Å². The van der Waals surface area contributed by atoms with E-state index in [0.717, 1.165) is 16.5 Å². The SMILES string of the molecule is Cn1ccc2cc(C(O)C(O)CCCl)ccc21. The Morgan fingerprint density at radius 2 is 2.06 bits per heavy atom. The summed E-state index contributed by atoms with van der Waals surface area (Å²) in [6.45, 7) is 0. The van der Waals surface area contributed by atoms with Gasteiger partial charge in [-0.3, -0.25) is 0 Å². The first-order valence-corrected chi connectivity index (χ1v) is 6.14. The second kappa shape index (κ2) is 5.08. The normalized spacial score (nSPS) is 15.1. The molecule has 0 aliphatic carbocycles.